The zero-order valence-electron chi connectivity index (χ0n) is 11.3. The van der Waals surface area contributed by atoms with Crippen molar-refractivity contribution >= 4 is 12.0 Å². The minimum Gasteiger partial charge on any atom is -0.494 e. The molecule has 0 bridgehead atoms. The number of unbranched alkanes of at least 4 members (excludes halogenated alkanes) is 1. The maximum atomic E-state index is 11.5. The SMILES string of the molecule is CCOc1ccc(/C=C/C(=O)NCCCCO)cc1. The molecule has 1 amide bonds. The molecule has 4 nitrogen and oxygen atoms in total. The van der Waals surface area contributed by atoms with Crippen LogP contribution in [0.1, 0.15) is 25.3 Å². The third kappa shape index (κ3) is 6.62. The molecule has 1 rings (SSSR count). The molecule has 0 radical (unpaired) electrons. The van der Waals surface area contributed by atoms with E-state index in [4.69, 9.17) is 9.84 Å². The number of aliphatic hydroxyl groups excluding tert-OH is 1. The zero-order chi connectivity index (χ0) is 13.9. The Morgan fingerprint density at radius 2 is 2.05 bits per heavy atom. The lowest BCUT2D eigenvalue weighted by Crippen LogP contribution is -2.22. The summed E-state index contributed by atoms with van der Waals surface area (Å²) < 4.78 is 5.34. The Bertz CT molecular complexity index is 398. The Morgan fingerprint density at radius 1 is 1.32 bits per heavy atom. The van der Waals surface area contributed by atoms with Gasteiger partial charge in [-0.1, -0.05) is 12.1 Å². The van der Waals surface area contributed by atoms with Crippen LogP contribution in [0, 0.1) is 0 Å². The van der Waals surface area contributed by atoms with Crippen molar-refractivity contribution in [2.75, 3.05) is 19.8 Å². The van der Waals surface area contributed by atoms with E-state index in [0.717, 1.165) is 17.7 Å². The maximum Gasteiger partial charge on any atom is 0.243 e. The van der Waals surface area contributed by atoms with Crippen LogP contribution in [0.25, 0.3) is 6.08 Å². The molecule has 0 saturated heterocycles. The summed E-state index contributed by atoms with van der Waals surface area (Å²) in [7, 11) is 0. The van der Waals surface area contributed by atoms with Gasteiger partial charge in [-0.3, -0.25) is 4.79 Å². The third-order valence-corrected chi connectivity index (χ3v) is 2.50. The average Bonchev–Trinajstić information content (AvgIpc) is 2.43. The standard InChI is InChI=1S/C15H21NO3/c1-2-19-14-8-5-13(6-9-14)7-10-15(18)16-11-3-4-12-17/h5-10,17H,2-4,11-12H2,1H3,(H,16,18)/b10-7+. The molecule has 0 aromatic heterocycles. The van der Waals surface area contributed by atoms with Crippen LogP contribution in [0.5, 0.6) is 5.75 Å². The van der Waals surface area contributed by atoms with Gasteiger partial charge in [0.05, 0.1) is 6.61 Å². The van der Waals surface area contributed by atoms with Gasteiger partial charge >= 0.3 is 0 Å². The van der Waals surface area contributed by atoms with E-state index >= 15 is 0 Å². The van der Waals surface area contributed by atoms with Gasteiger partial charge in [0.1, 0.15) is 5.75 Å². The molecule has 0 saturated carbocycles. The van der Waals surface area contributed by atoms with Crippen LogP contribution < -0.4 is 10.1 Å². The van der Waals surface area contributed by atoms with Gasteiger partial charge in [-0.2, -0.15) is 0 Å². The summed E-state index contributed by atoms with van der Waals surface area (Å²) in [4.78, 5) is 11.5. The lowest BCUT2D eigenvalue weighted by atomic mass is 10.2. The van der Waals surface area contributed by atoms with Crippen molar-refractivity contribution in [3.63, 3.8) is 0 Å². The fraction of sp³-hybridized carbons (Fsp3) is 0.400. The molecule has 0 spiro atoms. The first kappa shape index (κ1) is 15.2. The molecule has 2 N–H and O–H groups in total. The predicted octanol–water partition coefficient (Wildman–Crippen LogP) is 1.99. The lowest BCUT2D eigenvalue weighted by Gasteiger charge is -2.02. The van der Waals surface area contributed by atoms with Crippen LogP contribution in [0.4, 0.5) is 0 Å². The fourth-order valence-corrected chi connectivity index (χ4v) is 1.52. The molecule has 0 fully saturated rings. The van der Waals surface area contributed by atoms with Crippen LogP contribution in [0.15, 0.2) is 30.3 Å². The number of carbonyl (C=O) groups is 1. The number of amides is 1. The first-order valence-electron chi connectivity index (χ1n) is 6.56. The molecule has 0 atom stereocenters. The first-order chi connectivity index (χ1) is 9.26. The van der Waals surface area contributed by atoms with Crippen LogP contribution in [0.3, 0.4) is 0 Å². The number of hydrogen-bond acceptors (Lipinski definition) is 3. The summed E-state index contributed by atoms with van der Waals surface area (Å²) in [5, 5.41) is 11.4. The highest BCUT2D eigenvalue weighted by Gasteiger charge is 1.95. The number of ether oxygens (including phenoxy) is 1. The molecular weight excluding hydrogens is 242 g/mol. The lowest BCUT2D eigenvalue weighted by molar-refractivity contribution is -0.116. The van der Waals surface area contributed by atoms with Crippen molar-refractivity contribution in [1.29, 1.82) is 0 Å². The highest BCUT2D eigenvalue weighted by molar-refractivity contribution is 5.91. The molecule has 0 heterocycles. The summed E-state index contributed by atoms with van der Waals surface area (Å²) in [6.45, 7) is 3.34. The van der Waals surface area contributed by atoms with Crippen molar-refractivity contribution in [2.24, 2.45) is 0 Å². The number of rotatable bonds is 8. The van der Waals surface area contributed by atoms with Gasteiger partial charge in [-0.15, -0.1) is 0 Å². The second-order valence-corrected chi connectivity index (χ2v) is 4.06. The van der Waals surface area contributed by atoms with Gasteiger partial charge in [0.25, 0.3) is 0 Å². The third-order valence-electron chi connectivity index (χ3n) is 2.50. The van der Waals surface area contributed by atoms with Crippen molar-refractivity contribution in [3.05, 3.63) is 35.9 Å². The van der Waals surface area contributed by atoms with Crippen molar-refractivity contribution in [1.82, 2.24) is 5.32 Å². The number of benzene rings is 1. The molecule has 1 aromatic rings. The van der Waals surface area contributed by atoms with E-state index in [2.05, 4.69) is 5.32 Å². The smallest absolute Gasteiger partial charge is 0.243 e. The van der Waals surface area contributed by atoms with Crippen molar-refractivity contribution < 1.29 is 14.6 Å². The molecule has 104 valence electrons. The second kappa shape index (κ2) is 9.16. The molecule has 0 unspecified atom stereocenters. The van der Waals surface area contributed by atoms with Gasteiger partial charge in [-0.05, 0) is 43.5 Å². The highest BCUT2D eigenvalue weighted by Crippen LogP contribution is 2.12. The van der Waals surface area contributed by atoms with E-state index in [-0.39, 0.29) is 12.5 Å². The second-order valence-electron chi connectivity index (χ2n) is 4.06. The minimum absolute atomic E-state index is 0.119. The van der Waals surface area contributed by atoms with Gasteiger partial charge in [-0.25, -0.2) is 0 Å². The zero-order valence-corrected chi connectivity index (χ0v) is 11.3. The normalized spacial score (nSPS) is 10.6. The number of hydrogen-bond donors (Lipinski definition) is 2. The molecule has 19 heavy (non-hydrogen) atoms. The van der Waals surface area contributed by atoms with Gasteiger partial charge in [0.2, 0.25) is 5.91 Å². The molecule has 0 aliphatic heterocycles. The van der Waals surface area contributed by atoms with Gasteiger partial charge < -0.3 is 15.2 Å². The largest absolute Gasteiger partial charge is 0.494 e. The Hall–Kier alpha value is -1.81. The molecule has 1 aromatic carbocycles. The molecule has 0 aliphatic carbocycles. The Kier molecular flexibility index (Phi) is 7.35. The Morgan fingerprint density at radius 3 is 2.68 bits per heavy atom. The summed E-state index contributed by atoms with van der Waals surface area (Å²) in [5.41, 5.74) is 0.953. The van der Waals surface area contributed by atoms with Gasteiger partial charge in [0.15, 0.2) is 0 Å². The molecular formula is C15H21NO3. The van der Waals surface area contributed by atoms with Crippen LogP contribution >= 0.6 is 0 Å². The summed E-state index contributed by atoms with van der Waals surface area (Å²) in [6, 6.07) is 7.56. The van der Waals surface area contributed by atoms with Crippen molar-refractivity contribution in [2.45, 2.75) is 19.8 Å². The van der Waals surface area contributed by atoms with E-state index in [9.17, 15) is 4.79 Å². The van der Waals surface area contributed by atoms with Crippen LogP contribution in [0.2, 0.25) is 0 Å². The number of nitrogens with one attached hydrogen (secondary N) is 1. The maximum absolute atomic E-state index is 11.5. The molecule has 0 aliphatic rings. The van der Waals surface area contributed by atoms with E-state index < -0.39 is 0 Å². The monoisotopic (exact) mass is 263 g/mol. The topological polar surface area (TPSA) is 58.6 Å². The fourth-order valence-electron chi connectivity index (χ4n) is 1.52. The van der Waals surface area contributed by atoms with Crippen LogP contribution in [-0.2, 0) is 4.79 Å². The average molecular weight is 263 g/mol. The van der Waals surface area contributed by atoms with E-state index in [1.807, 2.05) is 31.2 Å². The number of carbonyl (C=O) groups excluding carboxylic acids is 1. The Labute approximate surface area is 114 Å². The van der Waals surface area contributed by atoms with Gasteiger partial charge in [0, 0.05) is 19.2 Å². The Balaban J connectivity index is 2.36. The predicted molar refractivity (Wildman–Crippen MR) is 76.0 cm³/mol. The number of aliphatic hydroxyl groups is 1. The van der Waals surface area contributed by atoms with Crippen LogP contribution in [-0.4, -0.2) is 30.8 Å². The summed E-state index contributed by atoms with van der Waals surface area (Å²) >= 11 is 0. The van der Waals surface area contributed by atoms with E-state index in [1.165, 1.54) is 6.08 Å². The quantitative estimate of drug-likeness (QED) is 0.557. The highest BCUT2D eigenvalue weighted by atomic mass is 16.5. The van der Waals surface area contributed by atoms with Crippen molar-refractivity contribution in [3.8, 4) is 5.75 Å². The minimum atomic E-state index is -0.119. The van der Waals surface area contributed by atoms with E-state index in [0.29, 0.717) is 19.6 Å². The summed E-state index contributed by atoms with van der Waals surface area (Å²) in [6.07, 6.45) is 4.77. The van der Waals surface area contributed by atoms with E-state index in [1.54, 1.807) is 6.08 Å². The molecule has 4 heteroatoms. The first-order valence-corrected chi connectivity index (χ1v) is 6.56. The summed E-state index contributed by atoms with van der Waals surface area (Å²) in [5.74, 6) is 0.708.